The van der Waals surface area contributed by atoms with Crippen LogP contribution in [0.4, 0.5) is 32.2 Å². The lowest BCUT2D eigenvalue weighted by molar-refractivity contribution is -0.143. The van der Waals surface area contributed by atoms with E-state index in [1.165, 1.54) is 30.9 Å². The molecule has 1 aliphatic heterocycles. The molecule has 1 N–H and O–H groups in total. The Balaban J connectivity index is 1.59. The zero-order chi connectivity index (χ0) is 23.6. The molecule has 4 nitrogen and oxygen atoms in total. The monoisotopic (exact) mass is 466 g/mol. The maximum atomic E-state index is 13.2. The van der Waals surface area contributed by atoms with Crippen LogP contribution in [0.1, 0.15) is 24.0 Å². The second-order valence-corrected chi connectivity index (χ2v) is 7.21. The summed E-state index contributed by atoms with van der Waals surface area (Å²) >= 11 is 0. The van der Waals surface area contributed by atoms with Gasteiger partial charge in [-0.15, -0.1) is 0 Å². The molecule has 1 aromatic heterocycles. The zero-order valence-corrected chi connectivity index (χ0v) is 16.8. The van der Waals surface area contributed by atoms with Crippen LogP contribution in [0.2, 0.25) is 0 Å². The third kappa shape index (κ3) is 5.39. The third-order valence-electron chi connectivity index (χ3n) is 4.83. The maximum absolute atomic E-state index is 13.2. The average molecular weight is 466 g/mol. The highest BCUT2D eigenvalue weighted by Gasteiger charge is 2.37. The van der Waals surface area contributed by atoms with Gasteiger partial charge in [-0.3, -0.25) is 0 Å². The van der Waals surface area contributed by atoms with E-state index in [9.17, 15) is 26.3 Å². The second-order valence-electron chi connectivity index (χ2n) is 7.21. The minimum atomic E-state index is -4.94. The van der Waals surface area contributed by atoms with Crippen LogP contribution < -0.4 is 5.32 Å². The summed E-state index contributed by atoms with van der Waals surface area (Å²) in [4.78, 5) is 4.06. The highest BCUT2D eigenvalue weighted by atomic mass is 19.4. The number of hydrogen-bond acceptors (Lipinski definition) is 4. The Kier molecular flexibility index (Phi) is 5.92. The van der Waals surface area contributed by atoms with E-state index in [4.69, 9.17) is 9.47 Å². The number of pyridine rings is 1. The predicted octanol–water partition coefficient (Wildman–Crippen LogP) is 7.16. The lowest BCUT2D eigenvalue weighted by Gasteiger charge is -2.20. The zero-order valence-electron chi connectivity index (χ0n) is 16.8. The van der Waals surface area contributed by atoms with Crippen molar-refractivity contribution < 1.29 is 35.8 Å². The Morgan fingerprint density at radius 1 is 0.879 bits per heavy atom. The van der Waals surface area contributed by atoms with Crippen LogP contribution in [-0.4, -0.2) is 4.98 Å². The van der Waals surface area contributed by atoms with Crippen molar-refractivity contribution >= 4 is 5.82 Å². The largest absolute Gasteiger partial charge is 0.463 e. The predicted molar refractivity (Wildman–Crippen MR) is 108 cm³/mol. The van der Waals surface area contributed by atoms with Gasteiger partial charge in [-0.25, -0.2) is 4.98 Å². The molecule has 33 heavy (non-hydrogen) atoms. The number of benzene rings is 1. The van der Waals surface area contributed by atoms with Gasteiger partial charge in [0, 0.05) is 6.20 Å². The number of alkyl halides is 6. The molecule has 2 heterocycles. The van der Waals surface area contributed by atoms with Gasteiger partial charge in [0.15, 0.2) is 12.0 Å². The molecule has 4 rings (SSSR count). The van der Waals surface area contributed by atoms with Gasteiger partial charge < -0.3 is 14.8 Å². The van der Waals surface area contributed by atoms with E-state index in [0.29, 0.717) is 17.9 Å². The van der Waals surface area contributed by atoms with Crippen LogP contribution in [0.5, 0.6) is 0 Å². The molecule has 0 bridgehead atoms. The van der Waals surface area contributed by atoms with Gasteiger partial charge >= 0.3 is 12.4 Å². The average Bonchev–Trinajstić information content (AvgIpc) is 2.79. The van der Waals surface area contributed by atoms with E-state index in [2.05, 4.69) is 10.3 Å². The fourth-order valence-corrected chi connectivity index (χ4v) is 3.25. The molecule has 0 saturated heterocycles. The van der Waals surface area contributed by atoms with Gasteiger partial charge in [-0.2, -0.15) is 26.3 Å². The number of nitrogens with zero attached hydrogens (tertiary/aromatic N) is 1. The van der Waals surface area contributed by atoms with Crippen molar-refractivity contribution in [3.63, 3.8) is 0 Å². The molecule has 0 saturated carbocycles. The Labute approximate surface area is 184 Å². The van der Waals surface area contributed by atoms with E-state index in [1.807, 2.05) is 18.2 Å². The van der Waals surface area contributed by atoms with Gasteiger partial charge in [0.05, 0.1) is 11.1 Å². The standard InChI is InChI=1S/C23H16F6N2O2/c24-22(25,26)17-8-16(9-18(11-17)23(27,28)29)15-6-7-30-20(10-15)31-21-13-32-12-19(33-21)14-4-2-1-3-5-14/h1-2,4,6-13H,3,5H2,(H,30,31). The van der Waals surface area contributed by atoms with Crippen molar-refractivity contribution in [3.8, 4) is 11.1 Å². The topological polar surface area (TPSA) is 43.4 Å². The quantitative estimate of drug-likeness (QED) is 0.486. The third-order valence-corrected chi connectivity index (χ3v) is 4.83. The van der Waals surface area contributed by atoms with Crippen molar-refractivity contribution in [1.29, 1.82) is 0 Å². The van der Waals surface area contributed by atoms with Gasteiger partial charge in [0.25, 0.3) is 0 Å². The van der Waals surface area contributed by atoms with E-state index in [0.717, 1.165) is 18.4 Å². The minimum absolute atomic E-state index is 0.0882. The van der Waals surface area contributed by atoms with Gasteiger partial charge in [-0.05, 0) is 59.9 Å². The molecule has 10 heteroatoms. The van der Waals surface area contributed by atoms with Crippen LogP contribution in [0, 0.1) is 0 Å². The highest BCUT2D eigenvalue weighted by molar-refractivity contribution is 5.68. The number of allylic oxidation sites excluding steroid dienone is 4. The van der Waals surface area contributed by atoms with Gasteiger partial charge in [0.2, 0.25) is 5.88 Å². The van der Waals surface area contributed by atoms with Crippen molar-refractivity contribution in [1.82, 2.24) is 4.98 Å². The molecule has 0 radical (unpaired) electrons. The molecular formula is C23H16F6N2O2. The number of halogens is 6. The van der Waals surface area contributed by atoms with Crippen molar-refractivity contribution in [3.05, 3.63) is 95.6 Å². The Morgan fingerprint density at radius 2 is 1.61 bits per heavy atom. The minimum Gasteiger partial charge on any atom is -0.463 e. The van der Waals surface area contributed by atoms with Crippen molar-refractivity contribution in [2.24, 2.45) is 0 Å². The van der Waals surface area contributed by atoms with Crippen molar-refractivity contribution in [2.75, 3.05) is 5.32 Å². The summed E-state index contributed by atoms with van der Waals surface area (Å²) in [6.45, 7) is 0. The van der Waals surface area contributed by atoms with Gasteiger partial charge in [-0.1, -0.05) is 18.2 Å². The number of hydrogen-bond donors (Lipinski definition) is 1. The SMILES string of the molecule is FC(F)(F)c1cc(-c2ccnc(NC3=COC=C(C4=CC=CCC4)O3)c2)cc(C(F)(F)F)c1. The molecular weight excluding hydrogens is 450 g/mol. The molecule has 1 aliphatic carbocycles. The van der Waals surface area contributed by atoms with Crippen molar-refractivity contribution in [2.45, 2.75) is 25.2 Å². The summed E-state index contributed by atoms with van der Waals surface area (Å²) in [5.41, 5.74) is -2.02. The molecule has 2 aromatic rings. The highest BCUT2D eigenvalue weighted by Crippen LogP contribution is 2.39. The molecule has 0 fully saturated rings. The summed E-state index contributed by atoms with van der Waals surface area (Å²) in [7, 11) is 0. The smallest absolute Gasteiger partial charge is 0.416 e. The number of ether oxygens (including phenoxy) is 2. The molecule has 2 aliphatic rings. The number of nitrogens with one attached hydrogen (secondary N) is 1. The number of anilines is 1. The fraction of sp³-hybridized carbons (Fsp3) is 0.174. The lowest BCUT2D eigenvalue weighted by Crippen LogP contribution is -2.11. The summed E-state index contributed by atoms with van der Waals surface area (Å²) < 4.78 is 90.2. The van der Waals surface area contributed by atoms with Crippen LogP contribution >= 0.6 is 0 Å². The Hall–Kier alpha value is -3.69. The second kappa shape index (κ2) is 8.68. The van der Waals surface area contributed by atoms with Crippen LogP contribution in [0.25, 0.3) is 11.1 Å². The Morgan fingerprint density at radius 3 is 2.24 bits per heavy atom. The summed E-state index contributed by atoms with van der Waals surface area (Å²) in [5.74, 6) is 0.785. The molecule has 1 aromatic carbocycles. The molecule has 0 unspecified atom stereocenters. The summed E-state index contributed by atoms with van der Waals surface area (Å²) in [5, 5.41) is 2.82. The van der Waals surface area contributed by atoms with E-state index in [1.54, 1.807) is 0 Å². The first-order valence-electron chi connectivity index (χ1n) is 9.72. The summed E-state index contributed by atoms with van der Waals surface area (Å²) in [6, 6.07) is 4.05. The normalized spacial score (nSPS) is 16.2. The molecule has 0 atom stereocenters. The van der Waals surface area contributed by atoms with Gasteiger partial charge in [0.1, 0.15) is 12.1 Å². The van der Waals surface area contributed by atoms with E-state index in [-0.39, 0.29) is 28.9 Å². The van der Waals surface area contributed by atoms with Crippen LogP contribution in [0.3, 0.4) is 0 Å². The van der Waals surface area contributed by atoms with E-state index >= 15 is 0 Å². The first-order valence-corrected chi connectivity index (χ1v) is 9.72. The van der Waals surface area contributed by atoms with E-state index < -0.39 is 23.5 Å². The summed E-state index contributed by atoms with van der Waals surface area (Å²) in [6.07, 6.45) is 1.47. The first-order chi connectivity index (χ1) is 15.6. The molecule has 0 spiro atoms. The number of aromatic nitrogens is 1. The lowest BCUT2D eigenvalue weighted by atomic mass is 9.99. The fourth-order valence-electron chi connectivity index (χ4n) is 3.25. The van der Waals surface area contributed by atoms with Crippen LogP contribution in [0.15, 0.2) is 84.5 Å². The maximum Gasteiger partial charge on any atom is 0.416 e. The molecule has 172 valence electrons. The van der Waals surface area contributed by atoms with Crippen LogP contribution in [-0.2, 0) is 21.8 Å². The number of rotatable bonds is 4. The molecule has 0 amide bonds. The first kappa shape index (κ1) is 22.5. The Bertz CT molecular complexity index is 1140.